The Morgan fingerprint density at radius 2 is 2.00 bits per heavy atom. The SMILES string of the molecule is Cc1cccc(-c2nccnc2C(=O)N(CCc2c[nH]c3ccc(F)cc23)CC2CC2)c1. The Morgan fingerprint density at radius 1 is 1.16 bits per heavy atom. The number of benzene rings is 2. The van der Waals surface area contributed by atoms with Gasteiger partial charge in [0.2, 0.25) is 0 Å². The second-order valence-electron chi connectivity index (χ2n) is 8.57. The maximum atomic E-state index is 13.8. The van der Waals surface area contributed by atoms with E-state index in [9.17, 15) is 9.18 Å². The molecule has 0 radical (unpaired) electrons. The zero-order valence-electron chi connectivity index (χ0n) is 18.0. The van der Waals surface area contributed by atoms with Gasteiger partial charge in [0.05, 0.1) is 0 Å². The number of aromatic nitrogens is 3. The first-order chi connectivity index (χ1) is 15.6. The van der Waals surface area contributed by atoms with Crippen LogP contribution in [-0.4, -0.2) is 38.8 Å². The van der Waals surface area contributed by atoms with Crippen molar-refractivity contribution in [2.24, 2.45) is 5.92 Å². The lowest BCUT2D eigenvalue weighted by Gasteiger charge is -2.23. The second-order valence-corrected chi connectivity index (χ2v) is 8.57. The number of halogens is 1. The smallest absolute Gasteiger partial charge is 0.274 e. The zero-order chi connectivity index (χ0) is 22.1. The fourth-order valence-electron chi connectivity index (χ4n) is 4.15. The van der Waals surface area contributed by atoms with Gasteiger partial charge >= 0.3 is 0 Å². The van der Waals surface area contributed by atoms with E-state index in [0.717, 1.165) is 40.4 Å². The number of rotatable bonds is 7. The lowest BCUT2D eigenvalue weighted by Crippen LogP contribution is -2.35. The average Bonchev–Trinajstić information content (AvgIpc) is 3.54. The van der Waals surface area contributed by atoms with Crippen LogP contribution in [0, 0.1) is 18.7 Å². The Bertz CT molecular complexity index is 1280. The van der Waals surface area contributed by atoms with E-state index in [0.29, 0.717) is 36.8 Å². The molecule has 5 nitrogen and oxygen atoms in total. The number of hydrogen-bond donors (Lipinski definition) is 1. The molecule has 0 spiro atoms. The highest BCUT2D eigenvalue weighted by Gasteiger charge is 2.29. The normalized spacial score (nSPS) is 13.4. The van der Waals surface area contributed by atoms with Gasteiger partial charge in [0.15, 0.2) is 5.69 Å². The molecule has 1 fully saturated rings. The second kappa shape index (κ2) is 8.54. The van der Waals surface area contributed by atoms with E-state index in [1.807, 2.05) is 42.3 Å². The van der Waals surface area contributed by atoms with Crippen molar-refractivity contribution in [1.29, 1.82) is 0 Å². The molecule has 0 aliphatic heterocycles. The van der Waals surface area contributed by atoms with Crippen molar-refractivity contribution in [1.82, 2.24) is 19.9 Å². The van der Waals surface area contributed by atoms with Gasteiger partial charge in [-0.2, -0.15) is 0 Å². The molecule has 0 unspecified atom stereocenters. The summed E-state index contributed by atoms with van der Waals surface area (Å²) in [5, 5.41) is 0.865. The molecule has 1 saturated carbocycles. The van der Waals surface area contributed by atoms with Crippen LogP contribution < -0.4 is 0 Å². The van der Waals surface area contributed by atoms with Gasteiger partial charge in [-0.3, -0.25) is 9.78 Å². The monoisotopic (exact) mass is 428 g/mol. The fraction of sp³-hybridized carbons (Fsp3) is 0.269. The van der Waals surface area contributed by atoms with E-state index in [1.165, 1.54) is 6.07 Å². The number of carbonyl (C=O) groups is 1. The first kappa shape index (κ1) is 20.4. The third kappa shape index (κ3) is 4.26. The molecule has 1 aliphatic carbocycles. The van der Waals surface area contributed by atoms with E-state index in [-0.39, 0.29) is 11.7 Å². The minimum atomic E-state index is -0.258. The van der Waals surface area contributed by atoms with Crippen LogP contribution in [0.4, 0.5) is 4.39 Å². The number of carbonyl (C=O) groups excluding carboxylic acids is 1. The molecule has 2 aromatic heterocycles. The minimum Gasteiger partial charge on any atom is -0.361 e. The summed E-state index contributed by atoms with van der Waals surface area (Å²) in [5.74, 6) is 0.178. The lowest BCUT2D eigenvalue weighted by molar-refractivity contribution is 0.0744. The predicted molar refractivity (Wildman–Crippen MR) is 123 cm³/mol. The summed E-state index contributed by atoms with van der Waals surface area (Å²) in [7, 11) is 0. The maximum absolute atomic E-state index is 13.8. The van der Waals surface area contributed by atoms with Crippen LogP contribution in [0.2, 0.25) is 0 Å². The van der Waals surface area contributed by atoms with E-state index in [4.69, 9.17) is 0 Å². The van der Waals surface area contributed by atoms with Crippen LogP contribution in [0.15, 0.2) is 61.1 Å². The first-order valence-electron chi connectivity index (χ1n) is 11.0. The predicted octanol–water partition coefficient (Wildman–Crippen LogP) is 5.17. The van der Waals surface area contributed by atoms with E-state index >= 15 is 0 Å². The molecule has 6 heteroatoms. The summed E-state index contributed by atoms with van der Waals surface area (Å²) in [6.45, 7) is 3.27. The maximum Gasteiger partial charge on any atom is 0.274 e. The van der Waals surface area contributed by atoms with Crippen molar-refractivity contribution in [2.75, 3.05) is 13.1 Å². The molecular formula is C26H25FN4O. The number of hydrogen-bond acceptors (Lipinski definition) is 3. The molecule has 162 valence electrons. The van der Waals surface area contributed by atoms with Crippen molar-refractivity contribution < 1.29 is 9.18 Å². The van der Waals surface area contributed by atoms with Crippen LogP contribution in [-0.2, 0) is 6.42 Å². The number of aromatic amines is 1. The van der Waals surface area contributed by atoms with Gasteiger partial charge in [-0.1, -0.05) is 23.8 Å². The molecule has 4 aromatic rings. The van der Waals surface area contributed by atoms with Crippen LogP contribution in [0.25, 0.3) is 22.2 Å². The summed E-state index contributed by atoms with van der Waals surface area (Å²) in [6.07, 6.45) is 8.04. The Balaban J connectivity index is 1.42. The van der Waals surface area contributed by atoms with Crippen molar-refractivity contribution in [3.05, 3.63) is 83.7 Å². The molecule has 5 rings (SSSR count). The Kier molecular flexibility index (Phi) is 5.43. The van der Waals surface area contributed by atoms with Gasteiger partial charge in [0.1, 0.15) is 11.5 Å². The van der Waals surface area contributed by atoms with Crippen molar-refractivity contribution in [2.45, 2.75) is 26.2 Å². The molecule has 1 amide bonds. The molecule has 0 bridgehead atoms. The third-order valence-corrected chi connectivity index (χ3v) is 6.04. The average molecular weight is 429 g/mol. The summed E-state index contributed by atoms with van der Waals surface area (Å²) in [4.78, 5) is 27.6. The zero-order valence-corrected chi connectivity index (χ0v) is 18.0. The van der Waals surface area contributed by atoms with Crippen molar-refractivity contribution in [3.8, 4) is 11.3 Å². The topological polar surface area (TPSA) is 61.9 Å². The van der Waals surface area contributed by atoms with E-state index in [2.05, 4.69) is 15.0 Å². The third-order valence-electron chi connectivity index (χ3n) is 6.04. The molecule has 2 aromatic carbocycles. The number of amides is 1. The van der Waals surface area contributed by atoms with Crippen molar-refractivity contribution >= 4 is 16.8 Å². The number of aryl methyl sites for hydroxylation is 1. The van der Waals surface area contributed by atoms with Crippen LogP contribution >= 0.6 is 0 Å². The minimum absolute atomic E-state index is 0.104. The highest BCUT2D eigenvalue weighted by atomic mass is 19.1. The highest BCUT2D eigenvalue weighted by molar-refractivity contribution is 5.98. The number of nitrogens with zero attached hydrogens (tertiary/aromatic N) is 3. The molecule has 0 saturated heterocycles. The highest BCUT2D eigenvalue weighted by Crippen LogP contribution is 2.31. The quantitative estimate of drug-likeness (QED) is 0.442. The molecule has 32 heavy (non-hydrogen) atoms. The first-order valence-corrected chi connectivity index (χ1v) is 11.0. The lowest BCUT2D eigenvalue weighted by atomic mass is 10.1. The van der Waals surface area contributed by atoms with E-state index in [1.54, 1.807) is 24.5 Å². The molecule has 1 N–H and O–H groups in total. The molecule has 2 heterocycles. The Morgan fingerprint density at radius 3 is 2.81 bits per heavy atom. The van der Waals surface area contributed by atoms with Gasteiger partial charge in [-0.15, -0.1) is 0 Å². The van der Waals surface area contributed by atoms with Crippen LogP contribution in [0.5, 0.6) is 0 Å². The van der Waals surface area contributed by atoms with Crippen molar-refractivity contribution in [3.63, 3.8) is 0 Å². The summed E-state index contributed by atoms with van der Waals surface area (Å²) in [5.41, 5.74) is 4.89. The summed E-state index contributed by atoms with van der Waals surface area (Å²) in [6, 6.07) is 12.7. The number of H-pyrrole nitrogens is 1. The van der Waals surface area contributed by atoms with Gasteiger partial charge in [-0.05, 0) is 61.9 Å². The number of fused-ring (bicyclic) bond motifs is 1. The molecular weight excluding hydrogens is 403 g/mol. The summed E-state index contributed by atoms with van der Waals surface area (Å²) < 4.78 is 13.8. The van der Waals surface area contributed by atoms with Gasteiger partial charge < -0.3 is 9.88 Å². The molecule has 0 atom stereocenters. The fourth-order valence-corrected chi connectivity index (χ4v) is 4.15. The Hall–Kier alpha value is -3.54. The van der Waals surface area contributed by atoms with Gasteiger partial charge in [0, 0.05) is 48.1 Å². The largest absolute Gasteiger partial charge is 0.361 e. The standard InChI is InChI=1S/C26H25FN4O/c1-17-3-2-4-19(13-17)24-25(29-11-10-28-24)26(32)31(16-18-5-6-18)12-9-20-15-30-23-8-7-21(27)14-22(20)23/h2-4,7-8,10-11,13-15,18,30H,5-6,9,12,16H2,1H3. The summed E-state index contributed by atoms with van der Waals surface area (Å²) >= 11 is 0. The molecule has 1 aliphatic rings. The van der Waals surface area contributed by atoms with Gasteiger partial charge in [-0.25, -0.2) is 9.37 Å². The Labute approximate surface area is 186 Å². The van der Waals surface area contributed by atoms with Crippen LogP contribution in [0.1, 0.15) is 34.5 Å². The number of nitrogens with one attached hydrogen (secondary N) is 1. The van der Waals surface area contributed by atoms with E-state index < -0.39 is 0 Å². The van der Waals surface area contributed by atoms with Crippen LogP contribution in [0.3, 0.4) is 0 Å². The van der Waals surface area contributed by atoms with Gasteiger partial charge in [0.25, 0.3) is 5.91 Å².